The highest BCUT2D eigenvalue weighted by molar-refractivity contribution is 9.10. The maximum absolute atomic E-state index is 12.3. The second kappa shape index (κ2) is 6.01. The largest absolute Gasteiger partial charge is 0.493 e. The fraction of sp³-hybridized carbons (Fsp3) is 0.235. The minimum atomic E-state index is 0.0778. The molecule has 1 aliphatic heterocycles. The molecule has 0 atom stereocenters. The number of hydrogen-bond acceptors (Lipinski definition) is 3. The van der Waals surface area contributed by atoms with E-state index in [1.54, 1.807) is 7.11 Å². The summed E-state index contributed by atoms with van der Waals surface area (Å²) in [4.78, 5) is 12.3. The summed E-state index contributed by atoms with van der Waals surface area (Å²) in [6.07, 6.45) is 3.82. The Morgan fingerprint density at radius 2 is 2.23 bits per heavy atom. The van der Waals surface area contributed by atoms with Gasteiger partial charge in [0.15, 0.2) is 11.5 Å². The van der Waals surface area contributed by atoms with Crippen molar-refractivity contribution in [2.75, 3.05) is 13.7 Å². The van der Waals surface area contributed by atoms with Crippen molar-refractivity contribution in [3.8, 4) is 11.5 Å². The molecule has 0 spiro atoms. The maximum atomic E-state index is 12.3. The van der Waals surface area contributed by atoms with E-state index in [2.05, 4.69) is 15.9 Å². The molecule has 1 aromatic heterocycles. The number of hydrogen-bond donors (Lipinski definition) is 0. The third kappa shape index (κ3) is 2.57. The number of benzene rings is 1. The van der Waals surface area contributed by atoms with Crippen molar-refractivity contribution < 1.29 is 14.3 Å². The molecular formula is C17H16BrNO3. The average molecular weight is 362 g/mol. The van der Waals surface area contributed by atoms with E-state index in [9.17, 15) is 4.79 Å². The summed E-state index contributed by atoms with van der Waals surface area (Å²) >= 11 is 3.50. The van der Waals surface area contributed by atoms with Crippen LogP contribution in [0.2, 0.25) is 0 Å². The summed E-state index contributed by atoms with van der Waals surface area (Å²) < 4.78 is 13.7. The van der Waals surface area contributed by atoms with Crippen LogP contribution in [0.4, 0.5) is 0 Å². The van der Waals surface area contributed by atoms with Gasteiger partial charge in [-0.15, -0.1) is 0 Å². The Labute approximate surface area is 137 Å². The van der Waals surface area contributed by atoms with Crippen molar-refractivity contribution in [3.05, 3.63) is 51.8 Å². The second-order valence-corrected chi connectivity index (χ2v) is 5.84. The van der Waals surface area contributed by atoms with E-state index in [4.69, 9.17) is 9.47 Å². The minimum Gasteiger partial charge on any atom is -0.493 e. The number of methoxy groups -OCH3 is 1. The molecule has 0 unspecified atom stereocenters. The molecule has 0 radical (unpaired) electrons. The Morgan fingerprint density at radius 1 is 1.41 bits per heavy atom. The Balaban J connectivity index is 1.97. The molecule has 0 fully saturated rings. The Morgan fingerprint density at radius 3 is 2.91 bits per heavy atom. The molecule has 22 heavy (non-hydrogen) atoms. The summed E-state index contributed by atoms with van der Waals surface area (Å²) in [5.41, 5.74) is 2.42. The van der Waals surface area contributed by atoms with Gasteiger partial charge in [-0.2, -0.15) is 0 Å². The van der Waals surface area contributed by atoms with Crippen molar-refractivity contribution in [1.29, 1.82) is 0 Å². The van der Waals surface area contributed by atoms with Crippen LogP contribution in [-0.2, 0) is 6.54 Å². The molecule has 1 aliphatic rings. The van der Waals surface area contributed by atoms with Crippen LogP contribution in [-0.4, -0.2) is 24.1 Å². The predicted molar refractivity (Wildman–Crippen MR) is 88.6 cm³/mol. The molecule has 0 saturated heterocycles. The van der Waals surface area contributed by atoms with Gasteiger partial charge in [-0.3, -0.25) is 4.79 Å². The molecule has 0 N–H and O–H groups in total. The fourth-order valence-corrected chi connectivity index (χ4v) is 3.17. The van der Waals surface area contributed by atoms with Crippen molar-refractivity contribution >= 4 is 27.8 Å². The zero-order valence-corrected chi connectivity index (χ0v) is 14.0. The van der Waals surface area contributed by atoms with Gasteiger partial charge in [0.1, 0.15) is 0 Å². The first kappa shape index (κ1) is 14.9. The molecule has 4 nitrogen and oxygen atoms in total. The molecule has 1 aromatic carbocycles. The van der Waals surface area contributed by atoms with Gasteiger partial charge in [-0.1, -0.05) is 0 Å². The van der Waals surface area contributed by atoms with Crippen LogP contribution < -0.4 is 9.47 Å². The van der Waals surface area contributed by atoms with E-state index in [-0.39, 0.29) is 5.78 Å². The van der Waals surface area contributed by atoms with Gasteiger partial charge >= 0.3 is 0 Å². The van der Waals surface area contributed by atoms with Gasteiger partial charge in [0, 0.05) is 11.8 Å². The van der Waals surface area contributed by atoms with Crippen molar-refractivity contribution in [2.24, 2.45) is 0 Å². The quantitative estimate of drug-likeness (QED) is 0.774. The number of Topliss-reactive ketones (excluding diaryl/α,β-unsaturated/α-hetero) is 1. The Kier molecular flexibility index (Phi) is 4.07. The van der Waals surface area contributed by atoms with Crippen molar-refractivity contribution in [3.63, 3.8) is 0 Å². The monoisotopic (exact) mass is 361 g/mol. The van der Waals surface area contributed by atoms with Crippen LogP contribution >= 0.6 is 15.9 Å². The van der Waals surface area contributed by atoms with Crippen LogP contribution in [0.15, 0.2) is 40.5 Å². The second-order valence-electron chi connectivity index (χ2n) is 4.99. The first-order chi connectivity index (χ1) is 10.6. The number of fused-ring (bicyclic) bond motifs is 1. The SMILES string of the molecule is CCOc1c(Br)cc(/C=C2\Cn3cccc3C2=O)cc1OC. The zero-order chi connectivity index (χ0) is 15.7. The van der Waals surface area contributed by atoms with E-state index >= 15 is 0 Å². The highest BCUT2D eigenvalue weighted by Crippen LogP contribution is 2.37. The molecule has 0 aliphatic carbocycles. The van der Waals surface area contributed by atoms with Gasteiger partial charge in [0.25, 0.3) is 0 Å². The van der Waals surface area contributed by atoms with Crippen LogP contribution in [0, 0.1) is 0 Å². The molecule has 0 bridgehead atoms. The van der Waals surface area contributed by atoms with Gasteiger partial charge in [0.2, 0.25) is 5.78 Å². The van der Waals surface area contributed by atoms with Gasteiger partial charge in [-0.05, 0) is 58.8 Å². The van der Waals surface area contributed by atoms with Crippen molar-refractivity contribution in [2.45, 2.75) is 13.5 Å². The first-order valence-corrected chi connectivity index (χ1v) is 7.84. The first-order valence-electron chi connectivity index (χ1n) is 7.04. The third-order valence-electron chi connectivity index (χ3n) is 3.58. The van der Waals surface area contributed by atoms with E-state index < -0.39 is 0 Å². The number of allylic oxidation sites excluding steroid dienone is 1. The van der Waals surface area contributed by atoms with Gasteiger partial charge in [-0.25, -0.2) is 0 Å². The number of carbonyl (C=O) groups is 1. The molecule has 114 valence electrons. The standard InChI is InChI=1S/C17H16BrNO3/c1-3-22-17-13(18)8-11(9-15(17)21-2)7-12-10-19-6-4-5-14(19)16(12)20/h4-9H,3,10H2,1-2H3/b12-7+. The fourth-order valence-electron chi connectivity index (χ4n) is 2.60. The maximum Gasteiger partial charge on any atom is 0.207 e. The number of carbonyl (C=O) groups excluding carboxylic acids is 1. The van der Waals surface area contributed by atoms with E-state index in [0.29, 0.717) is 24.7 Å². The number of halogens is 1. The smallest absolute Gasteiger partial charge is 0.207 e. The summed E-state index contributed by atoms with van der Waals surface area (Å²) in [7, 11) is 1.60. The summed E-state index contributed by atoms with van der Waals surface area (Å²) in [6.45, 7) is 3.09. The average Bonchev–Trinajstić information content (AvgIpc) is 3.06. The van der Waals surface area contributed by atoms with Crippen LogP contribution in [0.1, 0.15) is 23.0 Å². The highest BCUT2D eigenvalue weighted by atomic mass is 79.9. The molecule has 2 heterocycles. The topological polar surface area (TPSA) is 40.5 Å². The van der Waals surface area contributed by atoms with E-state index in [0.717, 1.165) is 21.3 Å². The zero-order valence-electron chi connectivity index (χ0n) is 12.4. The predicted octanol–water partition coefficient (Wildman–Crippen LogP) is 3.94. The van der Waals surface area contributed by atoms with Gasteiger partial charge < -0.3 is 14.0 Å². The van der Waals surface area contributed by atoms with E-state index in [1.807, 2.05) is 48.0 Å². The molecule has 0 saturated carbocycles. The highest BCUT2D eigenvalue weighted by Gasteiger charge is 2.24. The number of ether oxygens (including phenoxy) is 2. The minimum absolute atomic E-state index is 0.0778. The Hall–Kier alpha value is -2.01. The molecule has 2 aromatic rings. The lowest BCUT2D eigenvalue weighted by Crippen LogP contribution is -1.98. The number of aromatic nitrogens is 1. The molecule has 5 heteroatoms. The lowest BCUT2D eigenvalue weighted by molar-refractivity contribution is 0.103. The summed E-state index contributed by atoms with van der Waals surface area (Å²) in [5, 5.41) is 0. The summed E-state index contributed by atoms with van der Waals surface area (Å²) in [6, 6.07) is 7.55. The number of ketones is 1. The molecule has 0 amide bonds. The third-order valence-corrected chi connectivity index (χ3v) is 4.16. The van der Waals surface area contributed by atoms with E-state index in [1.165, 1.54) is 0 Å². The van der Waals surface area contributed by atoms with Crippen LogP contribution in [0.3, 0.4) is 0 Å². The lowest BCUT2D eigenvalue weighted by atomic mass is 10.1. The lowest BCUT2D eigenvalue weighted by Gasteiger charge is -2.12. The van der Waals surface area contributed by atoms with Crippen molar-refractivity contribution in [1.82, 2.24) is 4.57 Å². The van der Waals surface area contributed by atoms with Gasteiger partial charge in [0.05, 0.1) is 30.4 Å². The number of nitrogens with zero attached hydrogens (tertiary/aromatic N) is 1. The summed E-state index contributed by atoms with van der Waals surface area (Å²) in [5.74, 6) is 1.40. The van der Waals surface area contributed by atoms with Crippen LogP contribution in [0.25, 0.3) is 6.08 Å². The Bertz CT molecular complexity index is 761. The number of rotatable bonds is 4. The van der Waals surface area contributed by atoms with Crippen LogP contribution in [0.5, 0.6) is 11.5 Å². The molecular weight excluding hydrogens is 346 g/mol. The molecule has 3 rings (SSSR count). The normalized spacial score (nSPS) is 15.2.